The predicted octanol–water partition coefficient (Wildman–Crippen LogP) is 3.42. The Bertz CT molecular complexity index is 1010. The number of halogens is 3. The summed E-state index contributed by atoms with van der Waals surface area (Å²) < 4.78 is 41.6. The topological polar surface area (TPSA) is 67.9 Å². The summed E-state index contributed by atoms with van der Waals surface area (Å²) in [4.78, 5) is 18.9. The van der Waals surface area contributed by atoms with Gasteiger partial charge in [0.2, 0.25) is 0 Å². The molecule has 0 saturated carbocycles. The van der Waals surface area contributed by atoms with E-state index in [0.29, 0.717) is 29.5 Å². The second-order valence-electron chi connectivity index (χ2n) is 6.62. The second-order valence-corrected chi connectivity index (χ2v) is 6.62. The van der Waals surface area contributed by atoms with Crippen LogP contribution in [0.25, 0.3) is 0 Å². The van der Waals surface area contributed by atoms with Gasteiger partial charge in [0.05, 0.1) is 6.67 Å². The standard InChI is InChI=1S/C22H20F3N3O2/c1-28-19(29)22(27-21(28)26,16-9-11-18(12-10-16)30-20(24)25)17-8-5-7-15(14-17)6-3-2-4-13-23/h5,7-12,14,20H,2,4,13H2,1H3,(H2,26,27)/t22-/m1/s1. The van der Waals surface area contributed by atoms with Crippen LogP contribution in [0, 0.1) is 11.8 Å². The van der Waals surface area contributed by atoms with Crippen molar-refractivity contribution >= 4 is 11.9 Å². The first-order valence-corrected chi connectivity index (χ1v) is 9.22. The Morgan fingerprint density at radius 3 is 2.53 bits per heavy atom. The predicted molar refractivity (Wildman–Crippen MR) is 107 cm³/mol. The maximum Gasteiger partial charge on any atom is 0.387 e. The number of ether oxygens (including phenoxy) is 1. The van der Waals surface area contributed by atoms with Crippen LogP contribution in [-0.4, -0.2) is 37.1 Å². The number of unbranched alkanes of at least 4 members (excludes halogenated alkanes) is 1. The molecule has 1 amide bonds. The molecule has 0 spiro atoms. The molecule has 0 radical (unpaired) electrons. The Labute approximate surface area is 172 Å². The Morgan fingerprint density at radius 2 is 1.93 bits per heavy atom. The van der Waals surface area contributed by atoms with Gasteiger partial charge >= 0.3 is 6.61 Å². The van der Waals surface area contributed by atoms with Gasteiger partial charge in [-0.2, -0.15) is 8.78 Å². The van der Waals surface area contributed by atoms with Crippen LogP contribution in [-0.2, 0) is 10.3 Å². The van der Waals surface area contributed by atoms with E-state index in [4.69, 9.17) is 5.73 Å². The van der Waals surface area contributed by atoms with E-state index < -0.39 is 18.8 Å². The first kappa shape index (κ1) is 21.2. The van der Waals surface area contributed by atoms with Crippen LogP contribution in [0.3, 0.4) is 0 Å². The molecule has 3 rings (SSSR count). The van der Waals surface area contributed by atoms with Crippen LogP contribution in [0.5, 0.6) is 5.75 Å². The Hall–Kier alpha value is -3.47. The minimum absolute atomic E-state index is 0.0346. The fourth-order valence-corrected chi connectivity index (χ4v) is 3.20. The fourth-order valence-electron chi connectivity index (χ4n) is 3.20. The average molecular weight is 415 g/mol. The summed E-state index contributed by atoms with van der Waals surface area (Å²) in [6.45, 7) is -3.39. The highest BCUT2D eigenvalue weighted by atomic mass is 19.3. The number of likely N-dealkylation sites (N-methyl/N-ethyl adjacent to an activating group) is 1. The number of hydrogen-bond acceptors (Lipinski definition) is 4. The smallest absolute Gasteiger partial charge is 0.387 e. The van der Waals surface area contributed by atoms with E-state index in [-0.39, 0.29) is 17.6 Å². The van der Waals surface area contributed by atoms with Gasteiger partial charge < -0.3 is 10.5 Å². The highest BCUT2D eigenvalue weighted by Gasteiger charge is 2.49. The third-order valence-corrected chi connectivity index (χ3v) is 4.69. The maximum atomic E-state index is 13.2. The molecule has 1 atom stereocenters. The molecule has 0 bridgehead atoms. The Morgan fingerprint density at radius 1 is 1.20 bits per heavy atom. The van der Waals surface area contributed by atoms with Crippen LogP contribution in [0.2, 0.25) is 0 Å². The van der Waals surface area contributed by atoms with Gasteiger partial charge in [0.1, 0.15) is 5.75 Å². The van der Waals surface area contributed by atoms with E-state index in [0.717, 1.165) is 0 Å². The van der Waals surface area contributed by atoms with Crippen LogP contribution in [0.4, 0.5) is 13.2 Å². The van der Waals surface area contributed by atoms with Crippen molar-refractivity contribution in [2.75, 3.05) is 13.7 Å². The summed E-state index contributed by atoms with van der Waals surface area (Å²) in [5.74, 6) is 5.46. The molecule has 1 aliphatic rings. The van der Waals surface area contributed by atoms with Gasteiger partial charge in [0.25, 0.3) is 5.91 Å². The molecule has 0 aromatic heterocycles. The lowest BCUT2D eigenvalue weighted by Crippen LogP contribution is -2.41. The SMILES string of the molecule is CN1C(=O)[C@@](c2ccc(OC(F)F)cc2)(c2cccc(C#CCCCF)c2)N=C1N. The average Bonchev–Trinajstić information content (AvgIpc) is 2.96. The minimum Gasteiger partial charge on any atom is -0.435 e. The Balaban J connectivity index is 2.07. The van der Waals surface area contributed by atoms with Gasteiger partial charge in [-0.1, -0.05) is 36.1 Å². The summed E-state index contributed by atoms with van der Waals surface area (Å²) in [6, 6.07) is 12.7. The zero-order valence-electron chi connectivity index (χ0n) is 16.2. The van der Waals surface area contributed by atoms with E-state index in [2.05, 4.69) is 21.6 Å². The van der Waals surface area contributed by atoms with Crippen LogP contribution in [0.15, 0.2) is 53.5 Å². The van der Waals surface area contributed by atoms with E-state index >= 15 is 0 Å². The van der Waals surface area contributed by atoms with Crippen molar-refractivity contribution < 1.29 is 22.7 Å². The van der Waals surface area contributed by atoms with Crippen molar-refractivity contribution in [3.05, 3.63) is 65.2 Å². The second kappa shape index (κ2) is 8.91. The zero-order chi connectivity index (χ0) is 21.7. The number of nitrogens with zero attached hydrogens (tertiary/aromatic N) is 2. The zero-order valence-corrected chi connectivity index (χ0v) is 16.2. The maximum absolute atomic E-state index is 13.2. The van der Waals surface area contributed by atoms with Crippen molar-refractivity contribution in [3.8, 4) is 17.6 Å². The molecule has 1 heterocycles. The van der Waals surface area contributed by atoms with Gasteiger partial charge in [-0.15, -0.1) is 0 Å². The minimum atomic E-state index is -2.95. The van der Waals surface area contributed by atoms with Gasteiger partial charge in [-0.3, -0.25) is 14.1 Å². The first-order chi connectivity index (χ1) is 14.4. The molecule has 0 aliphatic carbocycles. The van der Waals surface area contributed by atoms with Gasteiger partial charge in [-0.05, 0) is 41.8 Å². The molecule has 2 aromatic rings. The van der Waals surface area contributed by atoms with Crippen LogP contribution >= 0.6 is 0 Å². The number of carbonyl (C=O) groups excluding carboxylic acids is 1. The molecular formula is C22H20F3N3O2. The van der Waals surface area contributed by atoms with E-state index in [1.807, 2.05) is 0 Å². The van der Waals surface area contributed by atoms with Crippen molar-refractivity contribution in [2.45, 2.75) is 25.0 Å². The number of alkyl halides is 3. The summed E-state index contributed by atoms with van der Waals surface area (Å²) in [6.07, 6.45) is 0.776. The monoisotopic (exact) mass is 415 g/mol. The number of nitrogens with two attached hydrogens (primary N) is 1. The van der Waals surface area contributed by atoms with Crippen molar-refractivity contribution in [3.63, 3.8) is 0 Å². The summed E-state index contributed by atoms with van der Waals surface area (Å²) in [5, 5.41) is 0. The van der Waals surface area contributed by atoms with Crippen molar-refractivity contribution in [1.29, 1.82) is 0 Å². The molecular weight excluding hydrogens is 395 g/mol. The molecule has 156 valence electrons. The summed E-state index contributed by atoms with van der Waals surface area (Å²) in [7, 11) is 1.51. The molecule has 5 nitrogen and oxygen atoms in total. The third-order valence-electron chi connectivity index (χ3n) is 4.69. The summed E-state index contributed by atoms with van der Waals surface area (Å²) in [5.41, 5.74) is 6.07. The van der Waals surface area contributed by atoms with Gasteiger partial charge in [-0.25, -0.2) is 4.99 Å². The van der Waals surface area contributed by atoms with Crippen molar-refractivity contribution in [2.24, 2.45) is 10.7 Å². The number of carbonyl (C=O) groups is 1. The largest absolute Gasteiger partial charge is 0.435 e. The molecule has 0 unspecified atom stereocenters. The molecule has 30 heavy (non-hydrogen) atoms. The molecule has 1 aliphatic heterocycles. The third kappa shape index (κ3) is 4.10. The number of hydrogen-bond donors (Lipinski definition) is 1. The quantitative estimate of drug-likeness (QED) is 0.581. The molecule has 0 fully saturated rings. The van der Waals surface area contributed by atoms with E-state index in [1.54, 1.807) is 24.3 Å². The molecule has 2 aromatic carbocycles. The number of guanidine groups is 1. The lowest BCUT2D eigenvalue weighted by Gasteiger charge is -2.26. The first-order valence-electron chi connectivity index (χ1n) is 9.22. The van der Waals surface area contributed by atoms with Crippen molar-refractivity contribution in [1.82, 2.24) is 4.90 Å². The van der Waals surface area contributed by atoms with E-state index in [9.17, 15) is 18.0 Å². The van der Waals surface area contributed by atoms with Crippen LogP contribution in [0.1, 0.15) is 29.5 Å². The molecule has 2 N–H and O–H groups in total. The number of benzene rings is 2. The number of aliphatic imine (C=N–C) groups is 1. The van der Waals surface area contributed by atoms with E-state index in [1.165, 1.54) is 36.2 Å². The summed E-state index contributed by atoms with van der Waals surface area (Å²) >= 11 is 0. The number of amides is 1. The van der Waals surface area contributed by atoms with Crippen LogP contribution < -0.4 is 10.5 Å². The Kier molecular flexibility index (Phi) is 6.31. The molecule has 0 saturated heterocycles. The lowest BCUT2D eigenvalue weighted by molar-refractivity contribution is -0.129. The number of rotatable bonds is 6. The highest BCUT2D eigenvalue weighted by molar-refractivity contribution is 6.08. The van der Waals surface area contributed by atoms with Gasteiger partial charge in [0, 0.05) is 19.0 Å². The normalized spacial score (nSPS) is 18.2. The molecule has 8 heteroatoms. The van der Waals surface area contributed by atoms with Gasteiger partial charge in [0.15, 0.2) is 11.5 Å². The fraction of sp³-hybridized carbons (Fsp3) is 0.273. The highest BCUT2D eigenvalue weighted by Crippen LogP contribution is 2.40. The lowest BCUT2D eigenvalue weighted by atomic mass is 9.82.